The maximum atomic E-state index is 11.4. The maximum absolute atomic E-state index is 11.4. The number of anilines is 1. The van der Waals surface area contributed by atoms with Crippen molar-refractivity contribution in [1.82, 2.24) is 9.80 Å². The van der Waals surface area contributed by atoms with Gasteiger partial charge in [-0.1, -0.05) is 13.0 Å². The van der Waals surface area contributed by atoms with Crippen LogP contribution in [-0.2, 0) is 11.2 Å². The normalized spacial score (nSPS) is 21.3. The van der Waals surface area contributed by atoms with Gasteiger partial charge in [0.1, 0.15) is 11.9 Å². The highest BCUT2D eigenvalue weighted by molar-refractivity contribution is 5.73. The molecule has 1 aromatic rings. The Morgan fingerprint density at radius 1 is 1.30 bits per heavy atom. The van der Waals surface area contributed by atoms with Crippen LogP contribution in [0.3, 0.4) is 0 Å². The van der Waals surface area contributed by atoms with Gasteiger partial charge in [0.25, 0.3) is 0 Å². The number of rotatable bonds is 4. The van der Waals surface area contributed by atoms with Crippen LogP contribution in [0.2, 0.25) is 0 Å². The Bertz CT molecular complexity index is 553. The number of hydrogen-bond donors (Lipinski definition) is 1. The predicted octanol–water partition coefficient (Wildman–Crippen LogP) is 1.98. The van der Waals surface area contributed by atoms with E-state index in [-0.39, 0.29) is 12.0 Å². The summed E-state index contributed by atoms with van der Waals surface area (Å²) < 4.78 is 5.95. The second-order valence-electron chi connectivity index (χ2n) is 6.46. The molecule has 0 spiro atoms. The number of benzene rings is 1. The molecule has 5 heteroatoms. The molecule has 126 valence electrons. The molecule has 2 aliphatic heterocycles. The van der Waals surface area contributed by atoms with Crippen LogP contribution in [0.4, 0.5) is 5.69 Å². The van der Waals surface area contributed by atoms with Gasteiger partial charge in [-0.05, 0) is 30.5 Å². The number of piperazine rings is 1. The number of carbonyl (C=O) groups is 1. The molecule has 0 aromatic heterocycles. The summed E-state index contributed by atoms with van der Waals surface area (Å²) in [5.74, 6) is 1.16. The van der Waals surface area contributed by atoms with Crippen molar-refractivity contribution in [3.8, 4) is 5.75 Å². The molecule has 5 nitrogen and oxygen atoms in total. The van der Waals surface area contributed by atoms with Crippen LogP contribution in [0.5, 0.6) is 5.75 Å². The summed E-state index contributed by atoms with van der Waals surface area (Å²) in [5.41, 5.74) is 2.46. The monoisotopic (exact) mass is 317 g/mol. The van der Waals surface area contributed by atoms with Crippen molar-refractivity contribution in [2.45, 2.75) is 32.8 Å². The van der Waals surface area contributed by atoms with Gasteiger partial charge in [0.2, 0.25) is 5.91 Å². The van der Waals surface area contributed by atoms with Crippen LogP contribution < -0.4 is 10.1 Å². The SMILES string of the molecule is CCC1CNc2cc(CCN3CCN(C(C)=O)CC3)ccc2O1. The molecular weight excluding hydrogens is 290 g/mol. The molecule has 23 heavy (non-hydrogen) atoms. The van der Waals surface area contributed by atoms with Gasteiger partial charge in [-0.15, -0.1) is 0 Å². The molecule has 1 unspecified atom stereocenters. The van der Waals surface area contributed by atoms with Crippen LogP contribution in [-0.4, -0.2) is 61.1 Å². The molecule has 3 rings (SSSR count). The fraction of sp³-hybridized carbons (Fsp3) is 0.611. The Balaban J connectivity index is 1.51. The van der Waals surface area contributed by atoms with Gasteiger partial charge < -0.3 is 15.0 Å². The fourth-order valence-corrected chi connectivity index (χ4v) is 3.22. The minimum absolute atomic E-state index is 0.191. The summed E-state index contributed by atoms with van der Waals surface area (Å²) >= 11 is 0. The Morgan fingerprint density at radius 2 is 2.09 bits per heavy atom. The van der Waals surface area contributed by atoms with E-state index in [0.717, 1.165) is 63.5 Å². The van der Waals surface area contributed by atoms with Gasteiger partial charge in [-0.2, -0.15) is 0 Å². The summed E-state index contributed by atoms with van der Waals surface area (Å²) in [4.78, 5) is 15.7. The summed E-state index contributed by atoms with van der Waals surface area (Å²) in [6, 6.07) is 6.48. The zero-order valence-corrected chi connectivity index (χ0v) is 14.2. The van der Waals surface area contributed by atoms with E-state index in [2.05, 4.69) is 35.3 Å². The van der Waals surface area contributed by atoms with Crippen molar-refractivity contribution in [2.24, 2.45) is 0 Å². The summed E-state index contributed by atoms with van der Waals surface area (Å²) in [5, 5.41) is 3.48. The van der Waals surface area contributed by atoms with E-state index in [1.165, 1.54) is 5.56 Å². The minimum Gasteiger partial charge on any atom is -0.486 e. The molecule has 1 N–H and O–H groups in total. The van der Waals surface area contributed by atoms with E-state index in [4.69, 9.17) is 4.74 Å². The smallest absolute Gasteiger partial charge is 0.219 e. The Kier molecular flexibility index (Phi) is 5.06. The average molecular weight is 317 g/mol. The maximum Gasteiger partial charge on any atom is 0.219 e. The third-order valence-corrected chi connectivity index (χ3v) is 4.85. The first-order valence-corrected chi connectivity index (χ1v) is 8.67. The molecular formula is C18H27N3O2. The van der Waals surface area contributed by atoms with Crippen molar-refractivity contribution in [1.29, 1.82) is 0 Å². The van der Waals surface area contributed by atoms with Gasteiger partial charge in [0.15, 0.2) is 0 Å². The highest BCUT2D eigenvalue weighted by atomic mass is 16.5. The van der Waals surface area contributed by atoms with Gasteiger partial charge >= 0.3 is 0 Å². The second-order valence-corrected chi connectivity index (χ2v) is 6.46. The molecule has 0 saturated carbocycles. The third-order valence-electron chi connectivity index (χ3n) is 4.85. The highest BCUT2D eigenvalue weighted by Crippen LogP contribution is 2.30. The molecule has 1 fully saturated rings. The van der Waals surface area contributed by atoms with Crippen molar-refractivity contribution < 1.29 is 9.53 Å². The average Bonchev–Trinajstić information content (AvgIpc) is 2.59. The summed E-state index contributed by atoms with van der Waals surface area (Å²) in [7, 11) is 0. The van der Waals surface area contributed by atoms with Crippen molar-refractivity contribution in [3.63, 3.8) is 0 Å². The molecule has 1 amide bonds. The van der Waals surface area contributed by atoms with Crippen molar-refractivity contribution >= 4 is 11.6 Å². The predicted molar refractivity (Wildman–Crippen MR) is 92.0 cm³/mol. The topological polar surface area (TPSA) is 44.8 Å². The van der Waals surface area contributed by atoms with Crippen molar-refractivity contribution in [3.05, 3.63) is 23.8 Å². The quantitative estimate of drug-likeness (QED) is 0.922. The zero-order valence-electron chi connectivity index (χ0n) is 14.2. The minimum atomic E-state index is 0.191. The molecule has 0 aliphatic carbocycles. The number of amides is 1. The molecule has 2 heterocycles. The molecule has 1 aromatic carbocycles. The molecule has 1 saturated heterocycles. The van der Waals surface area contributed by atoms with E-state index < -0.39 is 0 Å². The van der Waals surface area contributed by atoms with E-state index >= 15 is 0 Å². The largest absolute Gasteiger partial charge is 0.486 e. The Hall–Kier alpha value is -1.75. The van der Waals surface area contributed by atoms with E-state index in [0.29, 0.717) is 0 Å². The Labute approximate surface area is 138 Å². The molecule has 0 radical (unpaired) electrons. The van der Waals surface area contributed by atoms with Crippen molar-refractivity contribution in [2.75, 3.05) is 44.6 Å². The van der Waals surface area contributed by atoms with E-state index in [1.807, 2.05) is 4.90 Å². The number of carbonyl (C=O) groups excluding carboxylic acids is 1. The lowest BCUT2D eigenvalue weighted by atomic mass is 10.1. The van der Waals surface area contributed by atoms with Crippen LogP contribution in [0.15, 0.2) is 18.2 Å². The Morgan fingerprint density at radius 3 is 2.78 bits per heavy atom. The summed E-state index contributed by atoms with van der Waals surface area (Å²) in [6.45, 7) is 9.40. The van der Waals surface area contributed by atoms with E-state index in [1.54, 1.807) is 6.92 Å². The first-order valence-electron chi connectivity index (χ1n) is 8.67. The van der Waals surface area contributed by atoms with Gasteiger partial charge in [-0.3, -0.25) is 9.69 Å². The number of ether oxygens (including phenoxy) is 1. The van der Waals surface area contributed by atoms with Crippen LogP contribution in [0.25, 0.3) is 0 Å². The number of nitrogens with one attached hydrogen (secondary N) is 1. The lowest BCUT2D eigenvalue weighted by Crippen LogP contribution is -2.48. The second kappa shape index (κ2) is 7.21. The van der Waals surface area contributed by atoms with Crippen LogP contribution >= 0.6 is 0 Å². The molecule has 0 bridgehead atoms. The summed E-state index contributed by atoms with van der Waals surface area (Å²) in [6.07, 6.45) is 2.35. The zero-order chi connectivity index (χ0) is 16.2. The van der Waals surface area contributed by atoms with E-state index in [9.17, 15) is 4.79 Å². The van der Waals surface area contributed by atoms with Crippen LogP contribution in [0.1, 0.15) is 25.8 Å². The molecule has 2 aliphatic rings. The first-order chi connectivity index (χ1) is 11.2. The van der Waals surface area contributed by atoms with Gasteiger partial charge in [0.05, 0.1) is 12.2 Å². The number of fused-ring (bicyclic) bond motifs is 1. The fourth-order valence-electron chi connectivity index (χ4n) is 3.22. The lowest BCUT2D eigenvalue weighted by Gasteiger charge is -2.34. The third kappa shape index (κ3) is 3.96. The number of hydrogen-bond acceptors (Lipinski definition) is 4. The van der Waals surface area contributed by atoms with Gasteiger partial charge in [-0.25, -0.2) is 0 Å². The highest BCUT2D eigenvalue weighted by Gasteiger charge is 2.19. The van der Waals surface area contributed by atoms with Gasteiger partial charge in [0, 0.05) is 39.6 Å². The molecule has 1 atom stereocenters. The standard InChI is InChI=1S/C18H27N3O2/c1-3-16-13-19-17-12-15(4-5-18(17)23-16)6-7-20-8-10-21(11-9-20)14(2)22/h4-5,12,16,19H,3,6-11,13H2,1-2H3. The van der Waals surface area contributed by atoms with Crippen LogP contribution in [0, 0.1) is 0 Å². The number of nitrogens with zero attached hydrogens (tertiary/aromatic N) is 2. The lowest BCUT2D eigenvalue weighted by molar-refractivity contribution is -0.130. The first kappa shape index (κ1) is 16.1.